The molecule has 0 saturated carbocycles. The number of ether oxygens (including phenoxy) is 2. The fraction of sp³-hybridized carbons (Fsp3) is 0.238. The molecule has 2 amide bonds. The number of hydrogen-bond donors (Lipinski definition) is 3. The molecule has 0 aliphatic heterocycles. The van der Waals surface area contributed by atoms with Gasteiger partial charge in [0.1, 0.15) is 5.60 Å². The van der Waals surface area contributed by atoms with E-state index in [-0.39, 0.29) is 6.54 Å². The highest BCUT2D eigenvalue weighted by atomic mass is 32.1. The van der Waals surface area contributed by atoms with E-state index >= 15 is 0 Å². The standard InChI is InChI=1S/C21H22N2O5S/c1-21(26,18-10-13-6-4-5-7-17(13)29-18)12-22-19(24)20(25)23-14-8-9-15(27-2)16(11-14)28-3/h4-11,26H,12H2,1-3H3,(H,22,24)(H,23,25). The van der Waals surface area contributed by atoms with Crippen LogP contribution < -0.4 is 20.1 Å². The molecular weight excluding hydrogens is 392 g/mol. The molecule has 2 aromatic carbocycles. The Balaban J connectivity index is 1.62. The number of anilines is 1. The van der Waals surface area contributed by atoms with Gasteiger partial charge < -0.3 is 25.2 Å². The summed E-state index contributed by atoms with van der Waals surface area (Å²) in [4.78, 5) is 25.1. The van der Waals surface area contributed by atoms with E-state index < -0.39 is 17.4 Å². The molecule has 152 valence electrons. The largest absolute Gasteiger partial charge is 0.493 e. The Morgan fingerprint density at radius 3 is 2.45 bits per heavy atom. The van der Waals surface area contributed by atoms with Gasteiger partial charge >= 0.3 is 11.8 Å². The summed E-state index contributed by atoms with van der Waals surface area (Å²) in [5.74, 6) is -0.752. The Kier molecular flexibility index (Phi) is 6.05. The number of thiophene rings is 1. The number of benzene rings is 2. The van der Waals surface area contributed by atoms with E-state index in [1.165, 1.54) is 25.6 Å². The van der Waals surface area contributed by atoms with Crippen LogP contribution in [0.4, 0.5) is 5.69 Å². The fourth-order valence-electron chi connectivity index (χ4n) is 2.77. The third-order valence-corrected chi connectivity index (χ3v) is 5.77. The van der Waals surface area contributed by atoms with Gasteiger partial charge in [-0.3, -0.25) is 9.59 Å². The highest BCUT2D eigenvalue weighted by Gasteiger charge is 2.27. The number of aliphatic hydroxyl groups is 1. The van der Waals surface area contributed by atoms with Crippen LogP contribution in [0.2, 0.25) is 0 Å². The van der Waals surface area contributed by atoms with Crippen molar-refractivity contribution in [2.45, 2.75) is 12.5 Å². The number of hydrogen-bond acceptors (Lipinski definition) is 6. The summed E-state index contributed by atoms with van der Waals surface area (Å²) in [5.41, 5.74) is -0.915. The van der Waals surface area contributed by atoms with Gasteiger partial charge in [0.15, 0.2) is 11.5 Å². The van der Waals surface area contributed by atoms with Gasteiger partial charge in [0, 0.05) is 21.3 Å². The van der Waals surface area contributed by atoms with Crippen molar-refractivity contribution >= 4 is 38.9 Å². The van der Waals surface area contributed by atoms with Crippen LogP contribution in [0.15, 0.2) is 48.5 Å². The molecule has 0 saturated heterocycles. The van der Waals surface area contributed by atoms with Crippen LogP contribution in [-0.4, -0.2) is 37.7 Å². The molecule has 0 fully saturated rings. The van der Waals surface area contributed by atoms with E-state index in [0.29, 0.717) is 22.1 Å². The monoisotopic (exact) mass is 414 g/mol. The van der Waals surface area contributed by atoms with E-state index in [1.807, 2.05) is 30.3 Å². The van der Waals surface area contributed by atoms with Crippen LogP contribution in [0, 0.1) is 0 Å². The van der Waals surface area contributed by atoms with Crippen molar-refractivity contribution < 1.29 is 24.2 Å². The van der Waals surface area contributed by atoms with Gasteiger partial charge in [-0.1, -0.05) is 18.2 Å². The number of carbonyl (C=O) groups is 2. The zero-order valence-corrected chi connectivity index (χ0v) is 17.1. The van der Waals surface area contributed by atoms with Crippen molar-refractivity contribution in [1.29, 1.82) is 0 Å². The van der Waals surface area contributed by atoms with E-state index in [1.54, 1.807) is 25.1 Å². The van der Waals surface area contributed by atoms with Gasteiger partial charge in [-0.2, -0.15) is 0 Å². The maximum Gasteiger partial charge on any atom is 0.313 e. The summed E-state index contributed by atoms with van der Waals surface area (Å²) >= 11 is 1.45. The molecule has 1 atom stereocenters. The fourth-order valence-corrected chi connectivity index (χ4v) is 3.88. The summed E-state index contributed by atoms with van der Waals surface area (Å²) in [7, 11) is 2.98. The molecule has 7 nitrogen and oxygen atoms in total. The van der Waals surface area contributed by atoms with Gasteiger partial charge in [-0.05, 0) is 36.6 Å². The van der Waals surface area contributed by atoms with Crippen LogP contribution in [-0.2, 0) is 15.2 Å². The van der Waals surface area contributed by atoms with Crippen molar-refractivity contribution in [1.82, 2.24) is 5.32 Å². The number of rotatable bonds is 6. The zero-order valence-electron chi connectivity index (χ0n) is 16.3. The second-order valence-electron chi connectivity index (χ2n) is 6.63. The van der Waals surface area contributed by atoms with Crippen LogP contribution in [0.5, 0.6) is 11.5 Å². The molecule has 1 aromatic heterocycles. The molecule has 0 aliphatic rings. The van der Waals surface area contributed by atoms with Crippen molar-refractivity contribution in [3.63, 3.8) is 0 Å². The smallest absolute Gasteiger partial charge is 0.313 e. The number of carbonyl (C=O) groups excluding carboxylic acids is 2. The normalized spacial score (nSPS) is 12.8. The minimum Gasteiger partial charge on any atom is -0.493 e. The van der Waals surface area contributed by atoms with Crippen molar-refractivity contribution in [3.8, 4) is 11.5 Å². The molecule has 0 radical (unpaired) electrons. The van der Waals surface area contributed by atoms with Crippen LogP contribution >= 0.6 is 11.3 Å². The first-order valence-electron chi connectivity index (χ1n) is 8.86. The quantitative estimate of drug-likeness (QED) is 0.539. The Morgan fingerprint density at radius 1 is 1.03 bits per heavy atom. The van der Waals surface area contributed by atoms with Crippen LogP contribution in [0.25, 0.3) is 10.1 Å². The van der Waals surface area contributed by atoms with Crippen molar-refractivity contribution in [2.24, 2.45) is 0 Å². The highest BCUT2D eigenvalue weighted by molar-refractivity contribution is 7.19. The number of amides is 2. The molecule has 3 rings (SSSR count). The predicted octanol–water partition coefficient (Wildman–Crippen LogP) is 2.88. The van der Waals surface area contributed by atoms with E-state index in [9.17, 15) is 14.7 Å². The molecule has 8 heteroatoms. The van der Waals surface area contributed by atoms with E-state index in [4.69, 9.17) is 9.47 Å². The molecule has 29 heavy (non-hydrogen) atoms. The molecular formula is C21H22N2O5S. The van der Waals surface area contributed by atoms with Crippen LogP contribution in [0.1, 0.15) is 11.8 Å². The summed E-state index contributed by atoms with van der Waals surface area (Å²) in [5, 5.41) is 16.8. The van der Waals surface area contributed by atoms with E-state index in [0.717, 1.165) is 10.1 Å². The number of nitrogens with one attached hydrogen (secondary N) is 2. The predicted molar refractivity (Wildman–Crippen MR) is 113 cm³/mol. The number of fused-ring (bicyclic) bond motifs is 1. The zero-order chi connectivity index (χ0) is 21.0. The average Bonchev–Trinajstić information content (AvgIpc) is 3.17. The van der Waals surface area contributed by atoms with Crippen molar-refractivity contribution in [3.05, 3.63) is 53.4 Å². The second-order valence-corrected chi connectivity index (χ2v) is 7.71. The minimum atomic E-state index is -1.30. The summed E-state index contributed by atoms with van der Waals surface area (Å²) < 4.78 is 11.4. The topological polar surface area (TPSA) is 96.9 Å². The third-order valence-electron chi connectivity index (χ3n) is 4.40. The Morgan fingerprint density at radius 2 is 1.76 bits per heavy atom. The lowest BCUT2D eigenvalue weighted by Crippen LogP contribution is -2.42. The molecule has 0 bridgehead atoms. The average molecular weight is 414 g/mol. The lowest BCUT2D eigenvalue weighted by Gasteiger charge is -2.22. The SMILES string of the molecule is COc1ccc(NC(=O)C(=O)NCC(C)(O)c2cc3ccccc3s2)cc1OC. The summed E-state index contributed by atoms with van der Waals surface area (Å²) in [6, 6.07) is 14.4. The van der Waals surface area contributed by atoms with Gasteiger partial charge in [0.2, 0.25) is 0 Å². The van der Waals surface area contributed by atoms with Gasteiger partial charge in [-0.15, -0.1) is 11.3 Å². The molecule has 0 spiro atoms. The van der Waals surface area contributed by atoms with Crippen molar-refractivity contribution in [2.75, 3.05) is 26.1 Å². The lowest BCUT2D eigenvalue weighted by molar-refractivity contribution is -0.136. The van der Waals surface area contributed by atoms with Gasteiger partial charge in [0.05, 0.1) is 20.8 Å². The summed E-state index contributed by atoms with van der Waals surface area (Å²) in [6.07, 6.45) is 0. The molecule has 3 aromatic rings. The Hall–Kier alpha value is -3.10. The van der Waals surface area contributed by atoms with Gasteiger partial charge in [-0.25, -0.2) is 0 Å². The second kappa shape index (κ2) is 8.50. The first-order chi connectivity index (χ1) is 13.8. The molecule has 3 N–H and O–H groups in total. The minimum absolute atomic E-state index is 0.0992. The first kappa shape index (κ1) is 20.6. The van der Waals surface area contributed by atoms with E-state index in [2.05, 4.69) is 10.6 Å². The Bertz CT molecular complexity index is 1010. The maximum atomic E-state index is 12.2. The molecule has 1 unspecified atom stereocenters. The first-order valence-corrected chi connectivity index (χ1v) is 9.68. The third kappa shape index (κ3) is 4.67. The molecule has 1 heterocycles. The molecule has 0 aliphatic carbocycles. The van der Waals surface area contributed by atoms with Gasteiger partial charge in [0.25, 0.3) is 0 Å². The Labute approximate surface area is 172 Å². The van der Waals surface area contributed by atoms with Crippen LogP contribution in [0.3, 0.4) is 0 Å². The summed E-state index contributed by atoms with van der Waals surface area (Å²) in [6.45, 7) is 1.50. The lowest BCUT2D eigenvalue weighted by atomic mass is 10.0. The maximum absolute atomic E-state index is 12.2. The number of methoxy groups -OCH3 is 2. The highest BCUT2D eigenvalue weighted by Crippen LogP contribution is 2.33.